The Morgan fingerprint density at radius 2 is 1.71 bits per heavy atom. The topological polar surface area (TPSA) is 70.0 Å². The summed E-state index contributed by atoms with van der Waals surface area (Å²) in [4.78, 5) is -0.378. The monoisotopic (exact) mass is 366 g/mol. The van der Waals surface area contributed by atoms with Gasteiger partial charge in [0.25, 0.3) is 0 Å². The summed E-state index contributed by atoms with van der Waals surface area (Å²) in [5, 5.41) is 12.4. The van der Waals surface area contributed by atoms with Gasteiger partial charge in [0.2, 0.25) is 0 Å². The minimum atomic E-state index is -3.74. The highest BCUT2D eigenvalue weighted by atomic mass is 35.5. The molecule has 0 aliphatic heterocycles. The van der Waals surface area contributed by atoms with Gasteiger partial charge in [-0.1, -0.05) is 34.8 Å². The number of rotatable bonds is 3. The molecule has 8 heteroatoms. The van der Waals surface area contributed by atoms with Gasteiger partial charge in [0, 0.05) is 11.9 Å². The second-order valence-electron chi connectivity index (χ2n) is 5.13. The van der Waals surface area contributed by atoms with Gasteiger partial charge in [-0.3, -0.25) is 0 Å². The van der Waals surface area contributed by atoms with Gasteiger partial charge >= 0.3 is 0 Å². The Labute approximate surface area is 139 Å². The van der Waals surface area contributed by atoms with E-state index in [4.69, 9.17) is 40.1 Å². The van der Waals surface area contributed by atoms with E-state index in [-0.39, 0.29) is 20.0 Å². The van der Waals surface area contributed by atoms with Crippen molar-refractivity contribution in [1.82, 2.24) is 0 Å². The van der Waals surface area contributed by atoms with Crippen LogP contribution in [0.3, 0.4) is 0 Å². The summed E-state index contributed by atoms with van der Waals surface area (Å²) in [6, 6.07) is 4.63. The first kappa shape index (κ1) is 18.1. The lowest BCUT2D eigenvalue weighted by atomic mass is 10.3. The molecule has 0 heterocycles. The molecule has 0 aliphatic rings. The van der Waals surface area contributed by atoms with E-state index >= 15 is 0 Å². The van der Waals surface area contributed by atoms with Crippen LogP contribution in [-0.2, 0) is 9.84 Å². The van der Waals surface area contributed by atoms with Crippen molar-refractivity contribution in [2.75, 3.05) is 5.32 Å². The summed E-state index contributed by atoms with van der Waals surface area (Å²) in [7, 11) is -3.74. The van der Waals surface area contributed by atoms with E-state index in [9.17, 15) is 8.42 Å². The van der Waals surface area contributed by atoms with E-state index < -0.39 is 14.6 Å². The van der Waals surface area contributed by atoms with Gasteiger partial charge in [-0.05, 0) is 32.9 Å². The number of hydrogen-bond acceptors (Lipinski definition) is 4. The van der Waals surface area contributed by atoms with E-state index in [0.717, 1.165) is 6.20 Å². The molecule has 1 aromatic carbocycles. The molecule has 0 saturated carbocycles. The lowest BCUT2D eigenvalue weighted by Crippen LogP contribution is -2.29. The average Bonchev–Trinajstić information content (AvgIpc) is 2.34. The van der Waals surface area contributed by atoms with Gasteiger partial charge in [-0.2, -0.15) is 5.26 Å². The predicted octanol–water partition coefficient (Wildman–Crippen LogP) is 4.64. The van der Waals surface area contributed by atoms with Crippen molar-refractivity contribution in [3.63, 3.8) is 0 Å². The number of sulfone groups is 1. The van der Waals surface area contributed by atoms with Crippen LogP contribution in [0.15, 0.2) is 23.2 Å². The number of anilines is 1. The predicted molar refractivity (Wildman–Crippen MR) is 87.5 cm³/mol. The fraction of sp³-hybridized carbons (Fsp3) is 0.308. The van der Waals surface area contributed by atoms with Crippen molar-refractivity contribution in [2.45, 2.75) is 25.5 Å². The highest BCUT2D eigenvalue weighted by Crippen LogP contribution is 2.33. The molecule has 0 unspecified atom stereocenters. The largest absolute Gasteiger partial charge is 0.360 e. The Hall–Kier alpha value is -0.930. The van der Waals surface area contributed by atoms with Crippen LogP contribution in [0.2, 0.25) is 15.1 Å². The highest BCUT2D eigenvalue weighted by molar-refractivity contribution is 7.96. The number of halogens is 3. The number of hydrogen-bond donors (Lipinski definition) is 1. The smallest absolute Gasteiger partial charge is 0.194 e. The maximum atomic E-state index is 12.2. The maximum Gasteiger partial charge on any atom is 0.194 e. The van der Waals surface area contributed by atoms with Crippen LogP contribution < -0.4 is 5.32 Å². The van der Waals surface area contributed by atoms with Gasteiger partial charge in [0.05, 0.1) is 19.8 Å². The molecule has 0 atom stereocenters. The van der Waals surface area contributed by atoms with Crippen LogP contribution in [0.5, 0.6) is 0 Å². The third-order valence-corrected chi connectivity index (χ3v) is 6.16. The fourth-order valence-electron chi connectivity index (χ4n) is 1.29. The first-order chi connectivity index (χ1) is 9.50. The summed E-state index contributed by atoms with van der Waals surface area (Å²) in [6.45, 7) is 4.55. The minimum absolute atomic E-state index is 0.204. The molecule has 1 aromatic rings. The zero-order chi connectivity index (χ0) is 16.4. The second-order valence-corrected chi connectivity index (χ2v) is 9.00. The number of benzene rings is 1. The SMILES string of the molecule is CC(C)(C)S(=O)(=O)/C(C#N)=C/Nc1cc(Cl)c(Cl)c(Cl)c1. The quantitative estimate of drug-likeness (QED) is 0.624. The van der Waals surface area contributed by atoms with Crippen LogP contribution >= 0.6 is 34.8 Å². The Bertz CT molecular complexity index is 706. The van der Waals surface area contributed by atoms with E-state index in [0.29, 0.717) is 5.69 Å². The lowest BCUT2D eigenvalue weighted by molar-refractivity contribution is 0.568. The Balaban J connectivity index is 3.18. The summed E-state index contributed by atoms with van der Waals surface area (Å²) >= 11 is 17.6. The highest BCUT2D eigenvalue weighted by Gasteiger charge is 2.33. The van der Waals surface area contributed by atoms with Gasteiger partial charge in [-0.25, -0.2) is 8.42 Å². The molecule has 0 saturated heterocycles. The molecule has 0 fully saturated rings. The first-order valence-electron chi connectivity index (χ1n) is 5.76. The van der Waals surface area contributed by atoms with Crippen molar-refractivity contribution in [2.24, 2.45) is 0 Å². The Morgan fingerprint density at radius 3 is 2.10 bits per heavy atom. The molecular weight excluding hydrogens is 355 g/mol. The van der Waals surface area contributed by atoms with Crippen LogP contribution in [0.4, 0.5) is 5.69 Å². The second kappa shape index (κ2) is 6.45. The summed E-state index contributed by atoms with van der Waals surface area (Å²) < 4.78 is 23.3. The molecule has 0 aromatic heterocycles. The molecule has 0 radical (unpaired) electrons. The third kappa shape index (κ3) is 4.04. The molecule has 0 amide bonds. The summed E-state index contributed by atoms with van der Waals surface area (Å²) in [5.41, 5.74) is 0.422. The maximum absolute atomic E-state index is 12.2. The zero-order valence-electron chi connectivity index (χ0n) is 11.5. The normalized spacial score (nSPS) is 12.9. The van der Waals surface area contributed by atoms with E-state index in [1.165, 1.54) is 32.9 Å². The number of allylic oxidation sites excluding steroid dienone is 1. The summed E-state index contributed by atoms with van der Waals surface area (Å²) in [5.74, 6) is 0. The van der Waals surface area contributed by atoms with Gasteiger partial charge in [0.15, 0.2) is 14.7 Å². The van der Waals surface area contributed by atoms with Crippen molar-refractivity contribution >= 4 is 50.3 Å². The third-order valence-electron chi connectivity index (χ3n) is 2.56. The first-order valence-corrected chi connectivity index (χ1v) is 8.38. The molecule has 21 heavy (non-hydrogen) atoms. The standard InChI is InChI=1S/C13H13Cl3N2O2S/c1-13(2,3)21(19,20)9(6-17)7-18-8-4-10(14)12(16)11(15)5-8/h4-5,7,18H,1-3H3/b9-7+. The Morgan fingerprint density at radius 1 is 1.24 bits per heavy atom. The molecule has 0 aliphatic carbocycles. The molecule has 114 valence electrons. The molecule has 1 rings (SSSR count). The number of nitriles is 1. The minimum Gasteiger partial charge on any atom is -0.360 e. The van der Waals surface area contributed by atoms with Gasteiger partial charge in [-0.15, -0.1) is 0 Å². The average molecular weight is 368 g/mol. The zero-order valence-corrected chi connectivity index (χ0v) is 14.6. The van der Waals surface area contributed by atoms with Crippen molar-refractivity contribution in [3.05, 3.63) is 38.3 Å². The molecule has 0 bridgehead atoms. The number of nitrogens with one attached hydrogen (secondary N) is 1. The van der Waals surface area contributed by atoms with Gasteiger partial charge in [0.1, 0.15) is 6.07 Å². The summed E-state index contributed by atoms with van der Waals surface area (Å²) in [6.07, 6.45) is 1.11. The fourth-order valence-corrected chi connectivity index (χ4v) is 2.88. The Kier molecular flexibility index (Phi) is 5.57. The molecule has 4 nitrogen and oxygen atoms in total. The van der Waals surface area contributed by atoms with Crippen LogP contribution in [-0.4, -0.2) is 13.2 Å². The van der Waals surface area contributed by atoms with Crippen molar-refractivity contribution in [1.29, 1.82) is 5.26 Å². The van der Waals surface area contributed by atoms with E-state index in [1.54, 1.807) is 6.07 Å². The molecule has 0 spiro atoms. The van der Waals surface area contributed by atoms with Crippen molar-refractivity contribution < 1.29 is 8.42 Å². The molecule has 1 N–H and O–H groups in total. The number of nitrogens with zero attached hydrogens (tertiary/aromatic N) is 1. The van der Waals surface area contributed by atoms with Crippen LogP contribution in [0.25, 0.3) is 0 Å². The van der Waals surface area contributed by atoms with E-state index in [1.807, 2.05) is 0 Å². The lowest BCUT2D eigenvalue weighted by Gasteiger charge is -2.18. The van der Waals surface area contributed by atoms with E-state index in [2.05, 4.69) is 5.32 Å². The van der Waals surface area contributed by atoms with Crippen LogP contribution in [0.1, 0.15) is 20.8 Å². The van der Waals surface area contributed by atoms with Crippen molar-refractivity contribution in [3.8, 4) is 6.07 Å². The van der Waals surface area contributed by atoms with Gasteiger partial charge < -0.3 is 5.32 Å². The molecular formula is C13H13Cl3N2O2S. The van der Waals surface area contributed by atoms with Crippen LogP contribution in [0, 0.1) is 11.3 Å².